The lowest BCUT2D eigenvalue weighted by Gasteiger charge is -2.28. The lowest BCUT2D eigenvalue weighted by atomic mass is 10.0. The largest absolute Gasteiger partial charge is 0.443 e. The van der Waals surface area contributed by atoms with Crippen LogP contribution in [0.5, 0.6) is 0 Å². The first-order valence-electron chi connectivity index (χ1n) is 10.7. The van der Waals surface area contributed by atoms with Crippen molar-refractivity contribution in [3.05, 3.63) is 11.5 Å². The number of carbonyl (C=O) groups excluding carboxylic acids is 2. The second kappa shape index (κ2) is 9.23. The van der Waals surface area contributed by atoms with Crippen LogP contribution in [0.1, 0.15) is 54.7 Å². The number of alkyl halides is 1. The van der Waals surface area contributed by atoms with E-state index in [1.54, 1.807) is 48.5 Å². The summed E-state index contributed by atoms with van der Waals surface area (Å²) in [5.74, 6) is -0.851. The van der Waals surface area contributed by atoms with Crippen molar-refractivity contribution in [3.63, 3.8) is 0 Å². The van der Waals surface area contributed by atoms with E-state index in [-0.39, 0.29) is 28.7 Å². The number of halogens is 2. The van der Waals surface area contributed by atoms with Crippen LogP contribution >= 0.6 is 11.6 Å². The van der Waals surface area contributed by atoms with E-state index in [1.165, 1.54) is 6.20 Å². The number of imide groups is 1. The van der Waals surface area contributed by atoms with Crippen molar-refractivity contribution < 1.29 is 33.3 Å². The Hall–Kier alpha value is -2.57. The summed E-state index contributed by atoms with van der Waals surface area (Å²) in [5.41, 5.74) is -1.86. The Morgan fingerprint density at radius 3 is 2.21 bits per heavy atom. The van der Waals surface area contributed by atoms with Crippen LogP contribution in [0.3, 0.4) is 0 Å². The van der Waals surface area contributed by atoms with Gasteiger partial charge in [-0.05, 0) is 53.1 Å². The van der Waals surface area contributed by atoms with Crippen molar-refractivity contribution in [3.8, 4) is 0 Å². The van der Waals surface area contributed by atoms with E-state index in [0.717, 1.165) is 4.68 Å². The lowest BCUT2D eigenvalue weighted by Crippen LogP contribution is -2.44. The number of rotatable bonds is 3. The topological polar surface area (TPSA) is 129 Å². The van der Waals surface area contributed by atoms with Crippen molar-refractivity contribution in [1.29, 1.82) is 0 Å². The Kier molecular flexibility index (Phi) is 7.07. The van der Waals surface area contributed by atoms with Gasteiger partial charge in [0, 0.05) is 5.92 Å². The van der Waals surface area contributed by atoms with Gasteiger partial charge in [-0.15, -0.1) is 0 Å². The number of fused-ring (bicyclic) bond motifs is 1. The molecule has 1 aliphatic rings. The van der Waals surface area contributed by atoms with Gasteiger partial charge >= 0.3 is 12.2 Å². The summed E-state index contributed by atoms with van der Waals surface area (Å²) in [6, 6.07) is 0. The van der Waals surface area contributed by atoms with Gasteiger partial charge < -0.3 is 19.3 Å². The highest BCUT2D eigenvalue weighted by Crippen LogP contribution is 2.38. The van der Waals surface area contributed by atoms with Crippen LogP contribution in [-0.2, 0) is 14.2 Å². The van der Waals surface area contributed by atoms with E-state index in [1.807, 2.05) is 0 Å². The second-order valence-corrected chi connectivity index (χ2v) is 10.3. The number of hydrogen-bond donors (Lipinski definition) is 1. The van der Waals surface area contributed by atoms with Crippen LogP contribution in [0, 0.1) is 5.92 Å². The Bertz CT molecular complexity index is 1050. The highest BCUT2D eigenvalue weighted by molar-refractivity contribution is 6.29. The van der Waals surface area contributed by atoms with E-state index in [4.69, 9.17) is 25.8 Å². The molecule has 1 fully saturated rings. The summed E-state index contributed by atoms with van der Waals surface area (Å²) >= 11 is 6.13. The first-order valence-corrected chi connectivity index (χ1v) is 11.1. The maximum absolute atomic E-state index is 15.0. The molecular weight excluding hydrogens is 473 g/mol. The van der Waals surface area contributed by atoms with Crippen molar-refractivity contribution >= 4 is 40.6 Å². The summed E-state index contributed by atoms with van der Waals surface area (Å²) in [7, 11) is 0. The van der Waals surface area contributed by atoms with Gasteiger partial charge in [-0.1, -0.05) is 6.92 Å². The molecule has 188 valence electrons. The molecule has 1 saturated heterocycles. The Morgan fingerprint density at radius 1 is 1.18 bits per heavy atom. The van der Waals surface area contributed by atoms with Crippen molar-refractivity contribution in [2.45, 2.75) is 78.2 Å². The molecule has 0 bridgehead atoms. The normalized spacial score (nSPS) is 23.2. The monoisotopic (exact) mass is 501 g/mol. The van der Waals surface area contributed by atoms with E-state index in [2.05, 4.69) is 15.1 Å². The van der Waals surface area contributed by atoms with Gasteiger partial charge in [-0.25, -0.2) is 18.7 Å². The molecule has 4 atom stereocenters. The highest BCUT2D eigenvalue weighted by Gasteiger charge is 2.45. The number of aromatic nitrogens is 4. The average Bonchev–Trinajstić information content (AvgIpc) is 3.20. The minimum atomic E-state index is -1.51. The van der Waals surface area contributed by atoms with Crippen LogP contribution in [0.25, 0.3) is 11.0 Å². The molecular formula is C21H29ClFN5O6. The fraction of sp³-hybridized carbons (Fsp3) is 0.667. The van der Waals surface area contributed by atoms with Crippen LogP contribution in [0.2, 0.25) is 5.28 Å². The smallest absolute Gasteiger partial charge is 0.425 e. The van der Waals surface area contributed by atoms with E-state index in [0.29, 0.717) is 4.90 Å². The van der Waals surface area contributed by atoms with Gasteiger partial charge in [-0.2, -0.15) is 20.0 Å². The second-order valence-electron chi connectivity index (χ2n) is 9.99. The quantitative estimate of drug-likeness (QED) is 0.619. The first kappa shape index (κ1) is 26.0. The maximum atomic E-state index is 15.0. The van der Waals surface area contributed by atoms with Crippen LogP contribution in [0.15, 0.2) is 6.20 Å². The molecule has 0 aliphatic carbocycles. The molecule has 13 heteroatoms. The first-order chi connectivity index (χ1) is 15.6. The van der Waals surface area contributed by atoms with Crippen molar-refractivity contribution in [2.24, 2.45) is 5.92 Å². The number of ether oxygens (including phenoxy) is 3. The van der Waals surface area contributed by atoms with E-state index < -0.39 is 47.8 Å². The number of anilines is 1. The molecule has 2 aromatic rings. The molecule has 1 aliphatic heterocycles. The molecule has 0 aromatic carbocycles. The number of hydrogen-bond acceptors (Lipinski definition) is 9. The van der Waals surface area contributed by atoms with Crippen LogP contribution in [0.4, 0.5) is 19.8 Å². The fourth-order valence-corrected chi connectivity index (χ4v) is 3.51. The van der Waals surface area contributed by atoms with Crippen LogP contribution in [-0.4, -0.2) is 67.1 Å². The number of carbonyl (C=O) groups is 2. The minimum Gasteiger partial charge on any atom is -0.443 e. The lowest BCUT2D eigenvalue weighted by molar-refractivity contribution is -0.0435. The van der Waals surface area contributed by atoms with Gasteiger partial charge in [0.2, 0.25) is 5.28 Å². The number of aliphatic hydroxyl groups is 1. The Labute approximate surface area is 201 Å². The molecule has 2 aromatic heterocycles. The molecule has 2 amide bonds. The fourth-order valence-electron chi connectivity index (χ4n) is 3.35. The number of aliphatic hydroxyl groups excluding tert-OH is 1. The number of nitrogens with zero attached hydrogens (tertiary/aromatic N) is 5. The predicted octanol–water partition coefficient (Wildman–Crippen LogP) is 4.02. The van der Waals surface area contributed by atoms with Crippen molar-refractivity contribution in [1.82, 2.24) is 19.7 Å². The molecule has 3 rings (SSSR count). The van der Waals surface area contributed by atoms with E-state index >= 15 is 0 Å². The number of amides is 2. The molecule has 0 unspecified atom stereocenters. The predicted molar refractivity (Wildman–Crippen MR) is 120 cm³/mol. The minimum absolute atomic E-state index is 0.0190. The van der Waals surface area contributed by atoms with Gasteiger partial charge in [0.15, 0.2) is 23.9 Å². The average molecular weight is 502 g/mol. The molecule has 1 N–H and O–H groups in total. The zero-order valence-corrected chi connectivity index (χ0v) is 20.8. The maximum Gasteiger partial charge on any atom is 0.425 e. The van der Waals surface area contributed by atoms with Gasteiger partial charge in [0.1, 0.15) is 11.2 Å². The van der Waals surface area contributed by atoms with Gasteiger partial charge in [0.05, 0.1) is 24.3 Å². The standard InChI is InChI=1S/C21H29ClFN5O6/c1-10-12(9-29)32-16(13(10)23)28-15-11(8-24-28)14(25-17(22)26-15)27(18(30)33-20(2,3)4)19(31)34-21(5,6)7/h8,10,12-13,16,29H,9H2,1-7H3/t10-,12-,13+,16-/m1/s1. The summed E-state index contributed by atoms with van der Waals surface area (Å²) in [5, 5.41) is 13.4. The van der Waals surface area contributed by atoms with Crippen LogP contribution < -0.4 is 4.90 Å². The Morgan fingerprint density at radius 2 is 1.74 bits per heavy atom. The molecule has 0 spiro atoms. The SMILES string of the molecule is C[C@H]1[C@H](F)[C@H](n2ncc3c(N(C(=O)OC(C)(C)C)C(=O)OC(C)(C)C)nc(Cl)nc32)O[C@@H]1CO. The van der Waals surface area contributed by atoms with Gasteiger partial charge in [-0.3, -0.25) is 0 Å². The zero-order chi connectivity index (χ0) is 25.6. The van der Waals surface area contributed by atoms with Gasteiger partial charge in [0.25, 0.3) is 0 Å². The summed E-state index contributed by atoms with van der Waals surface area (Å²) in [4.78, 5) is 34.9. The summed E-state index contributed by atoms with van der Waals surface area (Å²) < 4.78 is 32.5. The summed E-state index contributed by atoms with van der Waals surface area (Å²) in [6.07, 6.45) is -4.31. The third-order valence-electron chi connectivity index (χ3n) is 4.87. The van der Waals surface area contributed by atoms with E-state index in [9.17, 15) is 19.1 Å². The molecule has 0 saturated carbocycles. The Balaban J connectivity index is 2.13. The molecule has 0 radical (unpaired) electrons. The zero-order valence-electron chi connectivity index (χ0n) is 20.1. The summed E-state index contributed by atoms with van der Waals surface area (Å²) in [6.45, 7) is 11.0. The van der Waals surface area contributed by atoms with Crippen molar-refractivity contribution in [2.75, 3.05) is 11.5 Å². The molecule has 34 heavy (non-hydrogen) atoms. The third-order valence-corrected chi connectivity index (χ3v) is 5.04. The third kappa shape index (κ3) is 5.39. The highest BCUT2D eigenvalue weighted by atomic mass is 35.5. The molecule has 11 nitrogen and oxygen atoms in total. The molecule has 3 heterocycles.